The molecular formula is C40H50N2O5S2. The first-order chi connectivity index (χ1) is 23.7. The Morgan fingerprint density at radius 3 is 2.47 bits per heavy atom. The van der Waals surface area contributed by atoms with Crippen LogP contribution in [-0.4, -0.2) is 63.5 Å². The molecule has 0 aliphatic heterocycles. The number of nitrogens with zero attached hydrogens (tertiary/aromatic N) is 2. The number of fused-ring (bicyclic) bond motifs is 5. The van der Waals surface area contributed by atoms with Crippen LogP contribution in [0.1, 0.15) is 82.8 Å². The fourth-order valence-corrected chi connectivity index (χ4v) is 11.4. The third-order valence-electron chi connectivity index (χ3n) is 12.0. The third-order valence-corrected chi connectivity index (χ3v) is 14.4. The SMILES string of the molecule is C[C@]12CC[C@H](OC(=O)CCSSCCC(=O)N(CCc3ccccc3)CC(=O)O)CC1=CC[C@@H]1[C@@H]2CC[C@]2(C)C(c3cccnc3)=CC[C@@H]12. The van der Waals surface area contributed by atoms with Crippen molar-refractivity contribution in [1.29, 1.82) is 0 Å². The van der Waals surface area contributed by atoms with E-state index < -0.39 is 5.97 Å². The summed E-state index contributed by atoms with van der Waals surface area (Å²) in [6.07, 6.45) is 17.7. The maximum atomic E-state index is 12.8. The molecule has 1 aromatic heterocycles. The number of hydrogen-bond acceptors (Lipinski definition) is 7. The summed E-state index contributed by atoms with van der Waals surface area (Å²) in [6, 6.07) is 14.0. The molecule has 2 aromatic rings. The molecule has 0 spiro atoms. The Balaban J connectivity index is 0.917. The molecule has 1 aromatic carbocycles. The van der Waals surface area contributed by atoms with Crippen molar-refractivity contribution in [3.8, 4) is 0 Å². The van der Waals surface area contributed by atoms with E-state index in [-0.39, 0.29) is 41.8 Å². The van der Waals surface area contributed by atoms with Gasteiger partial charge < -0.3 is 14.7 Å². The summed E-state index contributed by atoms with van der Waals surface area (Å²) in [6.45, 7) is 5.07. The van der Waals surface area contributed by atoms with Crippen molar-refractivity contribution < 1.29 is 24.2 Å². The van der Waals surface area contributed by atoms with Gasteiger partial charge in [0.05, 0.1) is 6.42 Å². The van der Waals surface area contributed by atoms with Crippen LogP contribution in [0, 0.1) is 28.6 Å². The number of carboxylic acids is 1. The second kappa shape index (κ2) is 15.9. The lowest BCUT2D eigenvalue weighted by Crippen LogP contribution is -2.50. The fraction of sp³-hybridized carbons (Fsp3) is 0.550. The molecule has 0 unspecified atom stereocenters. The third kappa shape index (κ3) is 8.14. The number of ether oxygens (including phenoxy) is 1. The number of carboxylic acid groups (broad SMARTS) is 1. The van der Waals surface area contributed by atoms with Crippen LogP contribution in [0.5, 0.6) is 0 Å². The zero-order valence-corrected chi connectivity index (χ0v) is 30.5. The summed E-state index contributed by atoms with van der Waals surface area (Å²) in [5, 5.41) is 9.28. The number of benzene rings is 1. The number of rotatable bonds is 14. The molecule has 2 fully saturated rings. The average Bonchev–Trinajstić information content (AvgIpc) is 3.46. The number of pyridine rings is 1. The highest BCUT2D eigenvalue weighted by Gasteiger charge is 2.57. The Hall–Kier alpha value is -3.04. The van der Waals surface area contributed by atoms with E-state index in [0.29, 0.717) is 48.6 Å². The molecule has 1 N–H and O–H groups in total. The first-order valence-corrected chi connectivity index (χ1v) is 20.4. The van der Waals surface area contributed by atoms with Gasteiger partial charge in [0.1, 0.15) is 12.6 Å². The minimum atomic E-state index is -1.01. The standard InChI is InChI=1S/C40H50N2O5S2/c1-39-19-14-31(25-30(39)10-11-32-34-13-12-33(29-9-6-21-41-26-29)40(34,2)20-15-35(32)39)47-38(46)18-24-49-48-23-17-36(43)42(27-37(44)45)22-16-28-7-4-3-5-8-28/h3-10,12,21,26,31-32,34-35H,11,13-20,22-25,27H2,1-2H3,(H,44,45)/t31-,32-,34-,35-,39-,40+/m0/s1. The summed E-state index contributed by atoms with van der Waals surface area (Å²) in [4.78, 5) is 42.7. The molecule has 4 aliphatic rings. The Morgan fingerprint density at radius 1 is 0.939 bits per heavy atom. The van der Waals surface area contributed by atoms with E-state index in [1.807, 2.05) is 42.7 Å². The minimum absolute atomic E-state index is 0.0473. The van der Waals surface area contributed by atoms with E-state index in [9.17, 15) is 19.5 Å². The molecule has 1 amide bonds. The molecule has 0 saturated heterocycles. The summed E-state index contributed by atoms with van der Waals surface area (Å²) >= 11 is 0. The molecule has 0 radical (unpaired) electrons. The summed E-state index contributed by atoms with van der Waals surface area (Å²) in [5.74, 6) is 1.93. The molecule has 1 heterocycles. The fourth-order valence-electron chi connectivity index (χ4n) is 9.40. The predicted octanol–water partition coefficient (Wildman–Crippen LogP) is 8.27. The predicted molar refractivity (Wildman–Crippen MR) is 198 cm³/mol. The Bertz CT molecular complexity index is 1550. The smallest absolute Gasteiger partial charge is 0.323 e. The largest absolute Gasteiger partial charge is 0.480 e. The van der Waals surface area contributed by atoms with Gasteiger partial charge >= 0.3 is 11.9 Å². The highest BCUT2D eigenvalue weighted by Crippen LogP contribution is 2.66. The number of amides is 1. The first kappa shape index (κ1) is 35.8. The van der Waals surface area contributed by atoms with Crippen LogP contribution in [0.2, 0.25) is 0 Å². The number of hydrogen-bond donors (Lipinski definition) is 1. The zero-order chi connectivity index (χ0) is 34.4. The zero-order valence-electron chi connectivity index (χ0n) is 28.9. The Kier molecular flexibility index (Phi) is 11.6. The van der Waals surface area contributed by atoms with Crippen molar-refractivity contribution in [3.05, 3.63) is 83.7 Å². The van der Waals surface area contributed by atoms with Gasteiger partial charge in [0.2, 0.25) is 5.91 Å². The van der Waals surface area contributed by atoms with E-state index >= 15 is 0 Å². The van der Waals surface area contributed by atoms with E-state index in [0.717, 1.165) is 37.7 Å². The van der Waals surface area contributed by atoms with Gasteiger partial charge in [0.15, 0.2) is 0 Å². The molecule has 0 bridgehead atoms. The van der Waals surface area contributed by atoms with E-state index in [2.05, 4.69) is 43.1 Å². The highest BCUT2D eigenvalue weighted by atomic mass is 33.1. The lowest BCUT2D eigenvalue weighted by atomic mass is 9.47. The van der Waals surface area contributed by atoms with Crippen molar-refractivity contribution in [2.24, 2.45) is 28.6 Å². The van der Waals surface area contributed by atoms with Gasteiger partial charge in [-0.1, -0.05) is 89.6 Å². The number of allylic oxidation sites excluding steroid dienone is 3. The molecule has 2 saturated carbocycles. The van der Waals surface area contributed by atoms with Crippen molar-refractivity contribution in [1.82, 2.24) is 9.88 Å². The summed E-state index contributed by atoms with van der Waals surface area (Å²) < 4.78 is 6.01. The number of esters is 1. The van der Waals surface area contributed by atoms with Crippen LogP contribution in [0.25, 0.3) is 5.57 Å². The maximum absolute atomic E-state index is 12.8. The van der Waals surface area contributed by atoms with Crippen LogP contribution < -0.4 is 0 Å². The van der Waals surface area contributed by atoms with Gasteiger partial charge in [-0.3, -0.25) is 19.4 Å². The normalized spacial score (nSPS) is 28.7. The van der Waals surface area contributed by atoms with Gasteiger partial charge in [-0.05, 0) is 96.3 Å². The van der Waals surface area contributed by atoms with Gasteiger partial charge in [0.25, 0.3) is 0 Å². The Morgan fingerprint density at radius 2 is 1.71 bits per heavy atom. The number of aliphatic carboxylic acids is 1. The molecule has 9 heteroatoms. The average molecular weight is 703 g/mol. The van der Waals surface area contributed by atoms with Crippen LogP contribution in [-0.2, 0) is 25.5 Å². The molecule has 6 rings (SSSR count). The number of carbonyl (C=O) groups is 3. The Labute approximate surface area is 299 Å². The molecule has 4 aliphatic carbocycles. The molecule has 7 nitrogen and oxygen atoms in total. The van der Waals surface area contributed by atoms with Crippen LogP contribution >= 0.6 is 21.6 Å². The van der Waals surface area contributed by atoms with Gasteiger partial charge in [-0.15, -0.1) is 0 Å². The van der Waals surface area contributed by atoms with Gasteiger partial charge in [0, 0.05) is 43.3 Å². The van der Waals surface area contributed by atoms with E-state index in [1.54, 1.807) is 21.6 Å². The summed E-state index contributed by atoms with van der Waals surface area (Å²) in [5.41, 5.74) is 5.77. The van der Waals surface area contributed by atoms with Crippen LogP contribution in [0.3, 0.4) is 0 Å². The lowest BCUT2D eigenvalue weighted by molar-refractivity contribution is -0.150. The molecule has 6 atom stereocenters. The molecule has 49 heavy (non-hydrogen) atoms. The number of aromatic nitrogens is 1. The second-order valence-corrected chi connectivity index (χ2v) is 17.5. The van der Waals surface area contributed by atoms with E-state index in [4.69, 9.17) is 4.74 Å². The number of carbonyl (C=O) groups excluding carboxylic acids is 2. The molecule has 262 valence electrons. The minimum Gasteiger partial charge on any atom is -0.480 e. The van der Waals surface area contributed by atoms with Gasteiger partial charge in [-0.2, -0.15) is 0 Å². The monoisotopic (exact) mass is 702 g/mol. The summed E-state index contributed by atoms with van der Waals surface area (Å²) in [7, 11) is 3.12. The quantitative estimate of drug-likeness (QED) is 0.0910. The van der Waals surface area contributed by atoms with Crippen molar-refractivity contribution in [3.63, 3.8) is 0 Å². The topological polar surface area (TPSA) is 96.8 Å². The maximum Gasteiger partial charge on any atom is 0.323 e. The van der Waals surface area contributed by atoms with Crippen molar-refractivity contribution in [2.45, 2.75) is 84.2 Å². The molecular weight excluding hydrogens is 653 g/mol. The first-order valence-electron chi connectivity index (χ1n) is 18.0. The van der Waals surface area contributed by atoms with E-state index in [1.165, 1.54) is 34.5 Å². The van der Waals surface area contributed by atoms with Crippen molar-refractivity contribution in [2.75, 3.05) is 24.6 Å². The highest BCUT2D eigenvalue weighted by molar-refractivity contribution is 8.76. The van der Waals surface area contributed by atoms with Crippen LogP contribution in [0.4, 0.5) is 0 Å². The van der Waals surface area contributed by atoms with Gasteiger partial charge in [-0.25, -0.2) is 0 Å². The second-order valence-electron chi connectivity index (χ2n) is 14.8. The van der Waals surface area contributed by atoms with Crippen molar-refractivity contribution >= 4 is 45.0 Å². The lowest BCUT2D eigenvalue weighted by Gasteiger charge is -2.57. The van der Waals surface area contributed by atoms with Crippen LogP contribution in [0.15, 0.2) is 72.6 Å².